The standard InChI is InChI=1S/C23H30N4O6S/c1-6-24-23(29)18(4)25(14-19-10-8-7-9-16(19)2)22(28)15-26(34(5,32)33)21-13-20(27(30)31)12-11-17(21)3/h7-13,18H,6,14-15H2,1-5H3,(H,24,29)/t18-/m0/s1. The Balaban J connectivity index is 2.49. The van der Waals surface area contributed by atoms with Crippen molar-refractivity contribution < 1.29 is 22.9 Å². The van der Waals surface area contributed by atoms with Gasteiger partial charge in [0.1, 0.15) is 12.6 Å². The second-order valence-corrected chi connectivity index (χ2v) is 9.92. The van der Waals surface area contributed by atoms with Crippen molar-refractivity contribution in [1.29, 1.82) is 0 Å². The molecule has 0 radical (unpaired) electrons. The van der Waals surface area contributed by atoms with Gasteiger partial charge in [0.15, 0.2) is 0 Å². The molecule has 0 heterocycles. The van der Waals surface area contributed by atoms with Crippen molar-refractivity contribution in [3.63, 3.8) is 0 Å². The second kappa shape index (κ2) is 11.1. The number of nitrogens with zero attached hydrogens (tertiary/aromatic N) is 3. The van der Waals surface area contributed by atoms with Crippen molar-refractivity contribution >= 4 is 33.2 Å². The van der Waals surface area contributed by atoms with Crippen LogP contribution in [0, 0.1) is 24.0 Å². The third-order valence-corrected chi connectivity index (χ3v) is 6.60. The molecule has 34 heavy (non-hydrogen) atoms. The van der Waals surface area contributed by atoms with Gasteiger partial charge >= 0.3 is 0 Å². The van der Waals surface area contributed by atoms with Gasteiger partial charge in [-0.15, -0.1) is 0 Å². The van der Waals surface area contributed by atoms with Crippen molar-refractivity contribution in [1.82, 2.24) is 10.2 Å². The number of carbonyl (C=O) groups is 2. The quantitative estimate of drug-likeness (QED) is 0.402. The van der Waals surface area contributed by atoms with Gasteiger partial charge in [-0.1, -0.05) is 30.3 Å². The van der Waals surface area contributed by atoms with E-state index in [9.17, 15) is 28.1 Å². The van der Waals surface area contributed by atoms with E-state index in [4.69, 9.17) is 0 Å². The van der Waals surface area contributed by atoms with Crippen LogP contribution in [0.25, 0.3) is 0 Å². The fraction of sp³-hybridized carbons (Fsp3) is 0.391. The first kappa shape index (κ1) is 26.8. The number of hydrogen-bond acceptors (Lipinski definition) is 6. The van der Waals surface area contributed by atoms with E-state index in [2.05, 4.69) is 5.32 Å². The molecule has 2 aromatic rings. The van der Waals surface area contributed by atoms with Crippen molar-refractivity contribution in [2.45, 2.75) is 40.3 Å². The number of aryl methyl sites for hydroxylation is 2. The Morgan fingerprint density at radius 2 is 1.76 bits per heavy atom. The summed E-state index contributed by atoms with van der Waals surface area (Å²) in [5.74, 6) is -0.986. The third-order valence-electron chi connectivity index (χ3n) is 5.47. The molecule has 0 aliphatic heterocycles. The zero-order chi connectivity index (χ0) is 25.6. The zero-order valence-electron chi connectivity index (χ0n) is 19.9. The molecular formula is C23H30N4O6S. The molecule has 184 valence electrons. The smallest absolute Gasteiger partial charge is 0.271 e. The minimum atomic E-state index is -3.99. The molecule has 0 fully saturated rings. The van der Waals surface area contributed by atoms with E-state index in [0.717, 1.165) is 27.8 Å². The van der Waals surface area contributed by atoms with Gasteiger partial charge < -0.3 is 10.2 Å². The summed E-state index contributed by atoms with van der Waals surface area (Å²) >= 11 is 0. The number of amides is 2. The maximum Gasteiger partial charge on any atom is 0.271 e. The molecule has 2 aromatic carbocycles. The summed E-state index contributed by atoms with van der Waals surface area (Å²) in [6.45, 7) is 6.66. The van der Waals surface area contributed by atoms with Crippen LogP contribution in [0.15, 0.2) is 42.5 Å². The number of nitrogens with one attached hydrogen (secondary N) is 1. The van der Waals surface area contributed by atoms with Crippen LogP contribution in [0.3, 0.4) is 0 Å². The molecule has 0 spiro atoms. The summed E-state index contributed by atoms with van der Waals surface area (Å²) in [4.78, 5) is 38.0. The molecule has 0 aliphatic rings. The van der Waals surface area contributed by atoms with Gasteiger partial charge in [0.05, 0.1) is 16.9 Å². The number of nitro benzene ring substituents is 1. The lowest BCUT2D eigenvalue weighted by Gasteiger charge is -2.32. The number of carbonyl (C=O) groups excluding carboxylic acids is 2. The first-order valence-corrected chi connectivity index (χ1v) is 12.6. The largest absolute Gasteiger partial charge is 0.355 e. The lowest BCUT2D eigenvalue weighted by Crippen LogP contribution is -2.51. The van der Waals surface area contributed by atoms with Crippen molar-refractivity contribution in [3.05, 3.63) is 69.3 Å². The van der Waals surface area contributed by atoms with Crippen molar-refractivity contribution in [2.24, 2.45) is 0 Å². The van der Waals surface area contributed by atoms with Crippen LogP contribution in [0.1, 0.15) is 30.5 Å². The molecular weight excluding hydrogens is 460 g/mol. The normalized spacial score (nSPS) is 12.0. The van der Waals surface area contributed by atoms with Gasteiger partial charge in [-0.3, -0.25) is 24.0 Å². The summed E-state index contributed by atoms with van der Waals surface area (Å²) in [5.41, 5.74) is 1.91. The van der Waals surface area contributed by atoms with Crippen LogP contribution in [-0.4, -0.2) is 55.4 Å². The monoisotopic (exact) mass is 490 g/mol. The fourth-order valence-corrected chi connectivity index (χ4v) is 4.35. The van der Waals surface area contributed by atoms with Gasteiger partial charge in [0, 0.05) is 25.2 Å². The molecule has 1 atom stereocenters. The van der Waals surface area contributed by atoms with Crippen LogP contribution >= 0.6 is 0 Å². The SMILES string of the molecule is CCNC(=O)[C@H](C)N(Cc1ccccc1C)C(=O)CN(c1cc([N+](=O)[O-])ccc1C)S(C)(=O)=O. The molecule has 1 N–H and O–H groups in total. The molecule has 0 saturated carbocycles. The van der Waals surface area contributed by atoms with Crippen LogP contribution in [0.4, 0.5) is 11.4 Å². The Morgan fingerprint density at radius 3 is 2.32 bits per heavy atom. The van der Waals surface area contributed by atoms with E-state index in [-0.39, 0.29) is 23.8 Å². The molecule has 10 nitrogen and oxygen atoms in total. The summed E-state index contributed by atoms with van der Waals surface area (Å²) in [7, 11) is -3.99. The maximum atomic E-state index is 13.5. The molecule has 0 unspecified atom stereocenters. The van der Waals surface area contributed by atoms with Gasteiger partial charge in [-0.25, -0.2) is 8.42 Å². The molecule has 0 aromatic heterocycles. The number of benzene rings is 2. The highest BCUT2D eigenvalue weighted by atomic mass is 32.2. The number of rotatable bonds is 10. The van der Waals surface area contributed by atoms with Crippen LogP contribution in [-0.2, 0) is 26.2 Å². The minimum Gasteiger partial charge on any atom is -0.355 e. The molecule has 2 rings (SSSR count). The fourth-order valence-electron chi connectivity index (χ4n) is 3.45. The molecule has 11 heteroatoms. The zero-order valence-corrected chi connectivity index (χ0v) is 20.8. The molecule has 0 saturated heterocycles. The summed E-state index contributed by atoms with van der Waals surface area (Å²) in [6, 6.07) is 10.3. The lowest BCUT2D eigenvalue weighted by atomic mass is 10.1. The lowest BCUT2D eigenvalue weighted by molar-refractivity contribution is -0.384. The Hall–Kier alpha value is -3.47. The summed E-state index contributed by atoms with van der Waals surface area (Å²) < 4.78 is 26.1. The number of likely N-dealkylation sites (N-methyl/N-ethyl adjacent to an activating group) is 1. The van der Waals surface area contributed by atoms with E-state index in [1.165, 1.54) is 17.0 Å². The topological polar surface area (TPSA) is 130 Å². The minimum absolute atomic E-state index is 0.0338. The summed E-state index contributed by atoms with van der Waals surface area (Å²) in [5, 5.41) is 13.9. The van der Waals surface area contributed by atoms with Gasteiger partial charge in [0.2, 0.25) is 21.8 Å². The van der Waals surface area contributed by atoms with Crippen LogP contribution in [0.2, 0.25) is 0 Å². The number of hydrogen-bond donors (Lipinski definition) is 1. The van der Waals surface area contributed by atoms with E-state index < -0.39 is 33.4 Å². The summed E-state index contributed by atoms with van der Waals surface area (Å²) in [6.07, 6.45) is 0.928. The van der Waals surface area contributed by atoms with E-state index in [1.807, 2.05) is 31.2 Å². The predicted molar refractivity (Wildman–Crippen MR) is 130 cm³/mol. The predicted octanol–water partition coefficient (Wildman–Crippen LogP) is 2.53. The molecule has 2 amide bonds. The number of anilines is 1. The Kier molecular flexibility index (Phi) is 8.74. The van der Waals surface area contributed by atoms with E-state index >= 15 is 0 Å². The highest BCUT2D eigenvalue weighted by molar-refractivity contribution is 7.92. The number of nitro groups is 1. The number of sulfonamides is 1. The second-order valence-electron chi connectivity index (χ2n) is 8.02. The van der Waals surface area contributed by atoms with Gasteiger partial charge in [0.25, 0.3) is 5.69 Å². The first-order chi connectivity index (χ1) is 15.9. The average Bonchev–Trinajstić information content (AvgIpc) is 2.76. The van der Waals surface area contributed by atoms with Crippen molar-refractivity contribution in [3.8, 4) is 0 Å². The first-order valence-electron chi connectivity index (χ1n) is 10.7. The molecule has 0 aliphatic carbocycles. The molecule has 0 bridgehead atoms. The van der Waals surface area contributed by atoms with Crippen LogP contribution < -0.4 is 9.62 Å². The van der Waals surface area contributed by atoms with E-state index in [1.54, 1.807) is 20.8 Å². The highest BCUT2D eigenvalue weighted by Gasteiger charge is 2.31. The third kappa shape index (κ3) is 6.53. The maximum absolute atomic E-state index is 13.5. The Labute approximate surface area is 199 Å². The van der Waals surface area contributed by atoms with Crippen molar-refractivity contribution in [2.75, 3.05) is 23.7 Å². The Morgan fingerprint density at radius 1 is 1.12 bits per heavy atom. The van der Waals surface area contributed by atoms with Gasteiger partial charge in [-0.05, 0) is 44.4 Å². The number of non-ortho nitro benzene ring substituents is 1. The highest BCUT2D eigenvalue weighted by Crippen LogP contribution is 2.28. The van der Waals surface area contributed by atoms with Crippen LogP contribution in [0.5, 0.6) is 0 Å². The van der Waals surface area contributed by atoms with E-state index in [0.29, 0.717) is 12.1 Å². The Bertz CT molecular complexity index is 1180. The average molecular weight is 491 g/mol. The van der Waals surface area contributed by atoms with Gasteiger partial charge in [-0.2, -0.15) is 0 Å².